The number of aryl methyl sites for hydroxylation is 1. The highest BCUT2D eigenvalue weighted by Gasteiger charge is 2.46. The maximum atomic E-state index is 13.0. The molecule has 0 N–H and O–H groups in total. The van der Waals surface area contributed by atoms with Gasteiger partial charge in [-0.2, -0.15) is 4.98 Å². The minimum atomic E-state index is -0.289. The SMILES string of the molecule is Cc1cc(C(=O)N2CCCC(CC3CC3)(c3noc(-c4ccncc4)n3)C2)no1. The minimum Gasteiger partial charge on any atom is -0.361 e. The maximum Gasteiger partial charge on any atom is 0.276 e. The fourth-order valence-corrected chi connectivity index (χ4v) is 4.30. The van der Waals surface area contributed by atoms with Gasteiger partial charge in [-0.05, 0) is 44.2 Å². The fraction of sp³-hybridized carbons (Fsp3) is 0.476. The van der Waals surface area contributed by atoms with Crippen molar-refractivity contribution in [1.29, 1.82) is 0 Å². The third-order valence-corrected chi connectivity index (χ3v) is 5.92. The molecular weight excluding hydrogens is 370 g/mol. The van der Waals surface area contributed by atoms with Crippen LogP contribution in [-0.4, -0.2) is 44.2 Å². The molecule has 1 saturated carbocycles. The van der Waals surface area contributed by atoms with E-state index >= 15 is 0 Å². The van der Waals surface area contributed by atoms with Gasteiger partial charge in [-0.3, -0.25) is 9.78 Å². The Kier molecular flexibility index (Phi) is 4.41. The van der Waals surface area contributed by atoms with E-state index in [1.807, 2.05) is 17.0 Å². The van der Waals surface area contributed by atoms with Crippen molar-refractivity contribution < 1.29 is 13.8 Å². The number of hydrogen-bond acceptors (Lipinski definition) is 7. The fourth-order valence-electron chi connectivity index (χ4n) is 4.30. The van der Waals surface area contributed by atoms with Crippen LogP contribution in [0, 0.1) is 12.8 Å². The number of hydrogen-bond donors (Lipinski definition) is 0. The van der Waals surface area contributed by atoms with Crippen molar-refractivity contribution in [2.45, 2.75) is 44.4 Å². The van der Waals surface area contributed by atoms with Gasteiger partial charge in [-0.25, -0.2) is 0 Å². The number of carbonyl (C=O) groups excluding carboxylic acids is 1. The molecule has 1 saturated heterocycles. The molecule has 2 fully saturated rings. The molecule has 150 valence electrons. The molecule has 2 aliphatic rings. The molecule has 1 unspecified atom stereocenters. The third-order valence-electron chi connectivity index (χ3n) is 5.92. The number of likely N-dealkylation sites (tertiary alicyclic amines) is 1. The molecule has 3 aromatic rings. The highest BCUT2D eigenvalue weighted by atomic mass is 16.5. The zero-order valence-corrected chi connectivity index (χ0v) is 16.4. The van der Waals surface area contributed by atoms with Crippen molar-refractivity contribution in [3.8, 4) is 11.5 Å². The van der Waals surface area contributed by atoms with Crippen molar-refractivity contribution >= 4 is 5.91 Å². The number of piperidine rings is 1. The molecule has 0 radical (unpaired) electrons. The Morgan fingerprint density at radius 2 is 2.07 bits per heavy atom. The quantitative estimate of drug-likeness (QED) is 0.655. The van der Waals surface area contributed by atoms with Crippen LogP contribution in [0.3, 0.4) is 0 Å². The Hall–Kier alpha value is -3.03. The molecule has 3 aromatic heterocycles. The van der Waals surface area contributed by atoms with Crippen molar-refractivity contribution in [2.24, 2.45) is 5.92 Å². The summed E-state index contributed by atoms with van der Waals surface area (Å²) in [7, 11) is 0. The van der Waals surface area contributed by atoms with Crippen LogP contribution in [0.25, 0.3) is 11.5 Å². The first-order chi connectivity index (χ1) is 14.1. The molecule has 8 nitrogen and oxygen atoms in total. The molecule has 1 amide bonds. The highest BCUT2D eigenvalue weighted by molar-refractivity contribution is 5.92. The van der Waals surface area contributed by atoms with Gasteiger partial charge in [0, 0.05) is 37.1 Å². The van der Waals surface area contributed by atoms with Crippen LogP contribution in [0.1, 0.15) is 54.2 Å². The molecule has 0 bridgehead atoms. The Labute approximate surface area is 168 Å². The number of carbonyl (C=O) groups is 1. The van der Waals surface area contributed by atoms with E-state index in [1.54, 1.807) is 25.4 Å². The number of rotatable bonds is 5. The lowest BCUT2D eigenvalue weighted by atomic mass is 9.74. The summed E-state index contributed by atoms with van der Waals surface area (Å²) in [6.07, 6.45) is 8.69. The molecule has 1 atom stereocenters. The molecule has 8 heteroatoms. The zero-order chi connectivity index (χ0) is 19.8. The molecule has 5 rings (SSSR count). The van der Waals surface area contributed by atoms with Gasteiger partial charge >= 0.3 is 0 Å². The average molecular weight is 393 g/mol. The van der Waals surface area contributed by atoms with Gasteiger partial charge in [0.15, 0.2) is 11.5 Å². The smallest absolute Gasteiger partial charge is 0.276 e. The van der Waals surface area contributed by atoms with Crippen LogP contribution in [-0.2, 0) is 5.41 Å². The molecule has 0 aromatic carbocycles. The molecular formula is C21H23N5O3. The van der Waals surface area contributed by atoms with Gasteiger partial charge in [-0.15, -0.1) is 0 Å². The normalized spacial score (nSPS) is 22.0. The second kappa shape index (κ2) is 7.09. The van der Waals surface area contributed by atoms with E-state index in [1.165, 1.54) is 12.8 Å². The number of aromatic nitrogens is 4. The number of amides is 1. The predicted octanol–water partition coefficient (Wildman–Crippen LogP) is 3.40. The maximum absolute atomic E-state index is 13.0. The summed E-state index contributed by atoms with van der Waals surface area (Å²) >= 11 is 0. The minimum absolute atomic E-state index is 0.0976. The predicted molar refractivity (Wildman–Crippen MR) is 103 cm³/mol. The molecule has 29 heavy (non-hydrogen) atoms. The van der Waals surface area contributed by atoms with Gasteiger partial charge in [0.05, 0.1) is 5.41 Å². The Morgan fingerprint density at radius 3 is 2.79 bits per heavy atom. The first kappa shape index (κ1) is 18.0. The monoisotopic (exact) mass is 393 g/mol. The van der Waals surface area contributed by atoms with Gasteiger partial charge < -0.3 is 13.9 Å². The van der Waals surface area contributed by atoms with Gasteiger partial charge in [0.2, 0.25) is 0 Å². The van der Waals surface area contributed by atoms with Crippen LogP contribution < -0.4 is 0 Å². The van der Waals surface area contributed by atoms with Crippen LogP contribution in [0.5, 0.6) is 0 Å². The number of nitrogens with zero attached hydrogens (tertiary/aromatic N) is 5. The first-order valence-electron chi connectivity index (χ1n) is 10.1. The lowest BCUT2D eigenvalue weighted by Gasteiger charge is -2.40. The third kappa shape index (κ3) is 3.54. The van der Waals surface area contributed by atoms with Crippen LogP contribution in [0.2, 0.25) is 0 Å². The first-order valence-corrected chi connectivity index (χ1v) is 10.1. The van der Waals surface area contributed by atoms with Gasteiger partial charge in [-0.1, -0.05) is 23.2 Å². The molecule has 1 aliphatic heterocycles. The average Bonchev–Trinajstić information content (AvgIpc) is 3.23. The molecule has 1 aliphatic carbocycles. The van der Waals surface area contributed by atoms with E-state index in [2.05, 4.69) is 15.3 Å². The topological polar surface area (TPSA) is 98.2 Å². The van der Waals surface area contributed by atoms with Gasteiger partial charge in [0.1, 0.15) is 5.76 Å². The second-order valence-electron chi connectivity index (χ2n) is 8.24. The summed E-state index contributed by atoms with van der Waals surface area (Å²) in [4.78, 5) is 23.7. The Bertz CT molecular complexity index is 1010. The zero-order valence-electron chi connectivity index (χ0n) is 16.4. The highest BCUT2D eigenvalue weighted by Crippen LogP contribution is 2.46. The summed E-state index contributed by atoms with van der Waals surface area (Å²) < 4.78 is 10.7. The molecule has 0 spiro atoms. The standard InChI is InChI=1S/C21H23N5O3/c1-14-11-17(24-28-14)19(27)26-10-2-7-21(13-26,12-15-3-4-15)20-23-18(29-25-20)16-5-8-22-9-6-16/h5-6,8-9,11,15H,2-4,7,10,12-13H2,1H3. The largest absolute Gasteiger partial charge is 0.361 e. The summed E-state index contributed by atoms with van der Waals surface area (Å²) in [6.45, 7) is 3.06. The lowest BCUT2D eigenvalue weighted by molar-refractivity contribution is 0.0597. The van der Waals surface area contributed by atoms with E-state index in [0.29, 0.717) is 42.2 Å². The molecule has 4 heterocycles. The van der Waals surface area contributed by atoms with Crippen LogP contribution >= 0.6 is 0 Å². The van der Waals surface area contributed by atoms with Crippen LogP contribution in [0.4, 0.5) is 0 Å². The summed E-state index contributed by atoms with van der Waals surface area (Å²) in [5.74, 6) is 2.40. The number of pyridine rings is 1. The van der Waals surface area contributed by atoms with E-state index in [0.717, 1.165) is 24.8 Å². The van der Waals surface area contributed by atoms with Crippen molar-refractivity contribution in [3.63, 3.8) is 0 Å². The summed E-state index contributed by atoms with van der Waals surface area (Å²) in [5, 5.41) is 8.27. The Morgan fingerprint density at radius 1 is 1.24 bits per heavy atom. The van der Waals surface area contributed by atoms with Crippen molar-refractivity contribution in [3.05, 3.63) is 47.9 Å². The summed E-state index contributed by atoms with van der Waals surface area (Å²) in [5.41, 5.74) is 0.917. The second-order valence-corrected chi connectivity index (χ2v) is 8.24. The van der Waals surface area contributed by atoms with E-state index in [4.69, 9.17) is 14.0 Å². The lowest BCUT2D eigenvalue weighted by Crippen LogP contribution is -2.49. The van der Waals surface area contributed by atoms with Gasteiger partial charge in [0.25, 0.3) is 11.8 Å². The van der Waals surface area contributed by atoms with E-state index < -0.39 is 0 Å². The van der Waals surface area contributed by atoms with Crippen molar-refractivity contribution in [1.82, 2.24) is 25.2 Å². The Balaban J connectivity index is 1.45. The van der Waals surface area contributed by atoms with Crippen LogP contribution in [0.15, 0.2) is 39.6 Å². The summed E-state index contributed by atoms with van der Waals surface area (Å²) in [6, 6.07) is 5.40. The van der Waals surface area contributed by atoms with E-state index in [-0.39, 0.29) is 11.3 Å². The van der Waals surface area contributed by atoms with E-state index in [9.17, 15) is 4.79 Å². The van der Waals surface area contributed by atoms with Crippen molar-refractivity contribution in [2.75, 3.05) is 13.1 Å².